The summed E-state index contributed by atoms with van der Waals surface area (Å²) in [4.78, 5) is 28.2. The van der Waals surface area contributed by atoms with E-state index in [1.54, 1.807) is 6.92 Å². The van der Waals surface area contributed by atoms with E-state index in [-0.39, 0.29) is 19.9 Å². The van der Waals surface area contributed by atoms with E-state index in [1.807, 2.05) is 30.3 Å². The van der Waals surface area contributed by atoms with E-state index in [1.165, 1.54) is 17.9 Å². The highest BCUT2D eigenvalue weighted by atomic mass is 16.6. The first kappa shape index (κ1) is 21.8. The molecular formula is C19H23N5O6. The van der Waals surface area contributed by atoms with E-state index in [9.17, 15) is 14.7 Å². The van der Waals surface area contributed by atoms with Crippen LogP contribution in [0.5, 0.6) is 0 Å². The molecule has 0 bridgehead atoms. The molecule has 1 aliphatic rings. The van der Waals surface area contributed by atoms with Crippen LogP contribution in [0.1, 0.15) is 17.4 Å². The molecule has 11 nitrogen and oxygen atoms in total. The van der Waals surface area contributed by atoms with Crippen LogP contribution < -0.4 is 11.2 Å². The lowest BCUT2D eigenvalue weighted by Gasteiger charge is -2.22. The summed E-state index contributed by atoms with van der Waals surface area (Å²) in [7, 11) is 1.37. The maximum absolute atomic E-state index is 13.0. The molecule has 1 aromatic carbocycles. The van der Waals surface area contributed by atoms with Crippen LogP contribution in [0.4, 0.5) is 0 Å². The zero-order chi connectivity index (χ0) is 21.7. The van der Waals surface area contributed by atoms with E-state index in [0.717, 1.165) is 10.1 Å². The number of hydrogen-bond acceptors (Lipinski definition) is 7. The van der Waals surface area contributed by atoms with Gasteiger partial charge in [0, 0.05) is 23.8 Å². The maximum atomic E-state index is 13.0. The average Bonchev–Trinajstić information content (AvgIpc) is 3.07. The second kappa shape index (κ2) is 9.70. The van der Waals surface area contributed by atoms with Gasteiger partial charge >= 0.3 is 5.69 Å². The zero-order valence-corrected chi connectivity index (χ0v) is 16.6. The third-order valence-corrected chi connectivity index (χ3v) is 4.88. The van der Waals surface area contributed by atoms with Crippen molar-refractivity contribution in [1.29, 1.82) is 0 Å². The number of aliphatic hydroxyl groups is 1. The van der Waals surface area contributed by atoms with Crippen LogP contribution in [-0.2, 0) is 27.5 Å². The number of aliphatic hydroxyl groups excluding tert-OH is 1. The topological polar surface area (TPSA) is 141 Å². The molecule has 1 saturated heterocycles. The molecule has 0 radical (unpaired) electrons. The number of azide groups is 1. The number of benzene rings is 1. The third-order valence-electron chi connectivity index (χ3n) is 4.88. The molecule has 0 aliphatic carbocycles. The zero-order valence-electron chi connectivity index (χ0n) is 16.6. The Labute approximate surface area is 171 Å². The molecule has 4 atom stereocenters. The largest absolute Gasteiger partial charge is 0.388 e. The van der Waals surface area contributed by atoms with Crippen molar-refractivity contribution in [2.45, 2.75) is 44.8 Å². The van der Waals surface area contributed by atoms with Crippen LogP contribution in [0.3, 0.4) is 0 Å². The molecule has 160 valence electrons. The molecule has 0 spiro atoms. The fourth-order valence-electron chi connectivity index (χ4n) is 3.35. The lowest BCUT2D eigenvalue weighted by atomic mass is 10.1. The Morgan fingerprint density at radius 2 is 2.03 bits per heavy atom. The first-order valence-corrected chi connectivity index (χ1v) is 9.29. The van der Waals surface area contributed by atoms with Crippen molar-refractivity contribution in [1.82, 2.24) is 9.13 Å². The van der Waals surface area contributed by atoms with Gasteiger partial charge in [-0.05, 0) is 18.0 Å². The average molecular weight is 417 g/mol. The molecule has 11 heteroatoms. The van der Waals surface area contributed by atoms with Gasteiger partial charge in [0.05, 0.1) is 19.3 Å². The third kappa shape index (κ3) is 4.45. The SMILES string of the molecule is COC1C(O)[C@@H](CN=[N+]=[N-])OC1n1cc(C)c(=O)n(COCc2ccccc2)c1=O. The van der Waals surface area contributed by atoms with Gasteiger partial charge in [-0.1, -0.05) is 35.4 Å². The van der Waals surface area contributed by atoms with Crippen molar-refractivity contribution in [3.63, 3.8) is 0 Å². The van der Waals surface area contributed by atoms with Gasteiger partial charge in [-0.2, -0.15) is 0 Å². The Balaban J connectivity index is 1.87. The summed E-state index contributed by atoms with van der Waals surface area (Å²) in [6, 6.07) is 9.36. The van der Waals surface area contributed by atoms with E-state index >= 15 is 0 Å². The number of nitrogens with zero attached hydrogens (tertiary/aromatic N) is 5. The van der Waals surface area contributed by atoms with Crippen molar-refractivity contribution < 1.29 is 19.3 Å². The summed E-state index contributed by atoms with van der Waals surface area (Å²) < 4.78 is 18.8. The van der Waals surface area contributed by atoms with Crippen LogP contribution >= 0.6 is 0 Å². The van der Waals surface area contributed by atoms with Crippen molar-refractivity contribution in [3.05, 3.63) is 78.9 Å². The maximum Gasteiger partial charge on any atom is 0.335 e. The first-order valence-electron chi connectivity index (χ1n) is 9.29. The number of aryl methyl sites for hydroxylation is 1. The van der Waals surface area contributed by atoms with Gasteiger partial charge in [-0.15, -0.1) is 0 Å². The van der Waals surface area contributed by atoms with Crippen LogP contribution in [0.25, 0.3) is 10.4 Å². The van der Waals surface area contributed by atoms with Gasteiger partial charge in [0.2, 0.25) is 0 Å². The molecule has 0 amide bonds. The fourth-order valence-corrected chi connectivity index (χ4v) is 3.35. The molecule has 2 heterocycles. The van der Waals surface area contributed by atoms with Gasteiger partial charge in [-0.3, -0.25) is 9.36 Å². The minimum Gasteiger partial charge on any atom is -0.388 e. The Kier molecular flexibility index (Phi) is 7.03. The number of aromatic nitrogens is 2. The van der Waals surface area contributed by atoms with Gasteiger partial charge in [-0.25, -0.2) is 9.36 Å². The van der Waals surface area contributed by atoms with E-state index in [0.29, 0.717) is 5.56 Å². The lowest BCUT2D eigenvalue weighted by Crippen LogP contribution is -2.45. The molecule has 1 aliphatic heterocycles. The van der Waals surface area contributed by atoms with E-state index in [4.69, 9.17) is 19.7 Å². The molecular weight excluding hydrogens is 394 g/mol. The van der Waals surface area contributed by atoms with Crippen LogP contribution in [-0.4, -0.2) is 46.2 Å². The monoisotopic (exact) mass is 417 g/mol. The van der Waals surface area contributed by atoms with E-state index in [2.05, 4.69) is 10.0 Å². The smallest absolute Gasteiger partial charge is 0.335 e. The van der Waals surface area contributed by atoms with Crippen LogP contribution in [0.15, 0.2) is 51.2 Å². The predicted octanol–water partition coefficient (Wildman–Crippen LogP) is 1.08. The number of methoxy groups -OCH3 is 1. The Bertz CT molecular complexity index is 1030. The normalized spacial score (nSPS) is 23.3. The summed E-state index contributed by atoms with van der Waals surface area (Å²) in [6.45, 7) is 1.43. The summed E-state index contributed by atoms with van der Waals surface area (Å²) >= 11 is 0. The second-order valence-corrected chi connectivity index (χ2v) is 6.87. The molecule has 1 N–H and O–H groups in total. The molecule has 3 unspecified atom stereocenters. The fraction of sp³-hybridized carbons (Fsp3) is 0.474. The minimum absolute atomic E-state index is 0.123. The van der Waals surface area contributed by atoms with Crippen LogP contribution in [0, 0.1) is 6.92 Å². The summed E-state index contributed by atoms with van der Waals surface area (Å²) in [6.07, 6.45) is -2.50. The lowest BCUT2D eigenvalue weighted by molar-refractivity contribution is -0.0546. The van der Waals surface area contributed by atoms with Crippen LogP contribution in [0.2, 0.25) is 0 Å². The van der Waals surface area contributed by atoms with Crippen molar-refractivity contribution in [2.24, 2.45) is 5.11 Å². The molecule has 1 fully saturated rings. The molecule has 30 heavy (non-hydrogen) atoms. The summed E-state index contributed by atoms with van der Waals surface area (Å²) in [5.74, 6) is 0. The summed E-state index contributed by atoms with van der Waals surface area (Å²) in [5.41, 5.74) is 8.56. The van der Waals surface area contributed by atoms with Gasteiger partial charge < -0.3 is 19.3 Å². The van der Waals surface area contributed by atoms with Gasteiger partial charge in [0.15, 0.2) is 6.23 Å². The Morgan fingerprint density at radius 1 is 1.30 bits per heavy atom. The quantitative estimate of drug-likeness (QED) is 0.387. The first-order chi connectivity index (χ1) is 14.5. The Morgan fingerprint density at radius 3 is 2.70 bits per heavy atom. The van der Waals surface area contributed by atoms with Crippen molar-refractivity contribution in [3.8, 4) is 0 Å². The van der Waals surface area contributed by atoms with E-state index < -0.39 is 35.8 Å². The minimum atomic E-state index is -1.12. The highest BCUT2D eigenvalue weighted by molar-refractivity contribution is 5.13. The van der Waals surface area contributed by atoms with Crippen molar-refractivity contribution in [2.75, 3.05) is 13.7 Å². The highest BCUT2D eigenvalue weighted by Crippen LogP contribution is 2.30. The highest BCUT2D eigenvalue weighted by Gasteiger charge is 2.45. The van der Waals surface area contributed by atoms with Gasteiger partial charge in [0.1, 0.15) is 18.9 Å². The summed E-state index contributed by atoms with van der Waals surface area (Å²) in [5, 5.41) is 13.8. The number of hydrogen-bond donors (Lipinski definition) is 1. The molecule has 1 aromatic heterocycles. The number of rotatable bonds is 8. The second-order valence-electron chi connectivity index (χ2n) is 6.87. The standard InChI is InChI=1S/C19H23N5O6/c1-12-9-23(18-16(28-2)15(25)14(30-18)8-21-22-20)19(27)24(17(12)26)11-29-10-13-6-4-3-5-7-13/h3-7,9,14-16,18,25H,8,10-11H2,1-2H3/t14-,15?,16?,18?/m1/s1. The molecule has 0 saturated carbocycles. The van der Waals surface area contributed by atoms with Crippen molar-refractivity contribution >= 4 is 0 Å². The molecule has 2 aromatic rings. The Hall–Kier alpha value is -2.95. The number of ether oxygens (including phenoxy) is 3. The van der Waals surface area contributed by atoms with Gasteiger partial charge in [0.25, 0.3) is 5.56 Å². The molecule has 3 rings (SSSR count). The predicted molar refractivity (Wildman–Crippen MR) is 106 cm³/mol.